The number of rotatable bonds is 3. The Hall–Kier alpha value is -1.62. The van der Waals surface area contributed by atoms with E-state index in [2.05, 4.69) is 13.2 Å². The van der Waals surface area contributed by atoms with Crippen LogP contribution in [0.25, 0.3) is 0 Å². The number of hydrogen-bond donors (Lipinski definition) is 1. The maximum Gasteiger partial charge on any atom is 0.332 e. The van der Waals surface area contributed by atoms with Crippen LogP contribution in [0.3, 0.4) is 0 Å². The molecule has 84 valence electrons. The molecule has 0 bridgehead atoms. The highest BCUT2D eigenvalue weighted by Crippen LogP contribution is 2.12. The van der Waals surface area contributed by atoms with Crippen molar-refractivity contribution in [2.75, 3.05) is 6.61 Å². The Bertz CT molecular complexity index is 240. The molecule has 5 nitrogen and oxygen atoms in total. The van der Waals surface area contributed by atoms with Crippen LogP contribution in [-0.4, -0.2) is 29.9 Å². The van der Waals surface area contributed by atoms with Gasteiger partial charge in [-0.25, -0.2) is 9.59 Å². The average Bonchev–Trinajstić information content (AvgIpc) is 2.71. The lowest BCUT2D eigenvalue weighted by Crippen LogP contribution is -2.14. The molecule has 1 atom stereocenters. The minimum atomic E-state index is -0.981. The first-order valence-corrected chi connectivity index (χ1v) is 4.40. The van der Waals surface area contributed by atoms with Crippen LogP contribution in [0.5, 0.6) is 0 Å². The molecule has 15 heavy (non-hydrogen) atoms. The third kappa shape index (κ3) is 7.45. The van der Waals surface area contributed by atoms with E-state index in [1.165, 1.54) is 0 Å². The highest BCUT2D eigenvalue weighted by molar-refractivity contribution is 5.81. The molecule has 1 aliphatic rings. The molecule has 0 aromatic heterocycles. The molecule has 1 aliphatic heterocycles. The van der Waals surface area contributed by atoms with Crippen LogP contribution in [0, 0.1) is 0 Å². The number of hydrogen-bond acceptors (Lipinski definition) is 4. The van der Waals surface area contributed by atoms with E-state index >= 15 is 0 Å². The third-order valence-corrected chi connectivity index (χ3v) is 1.48. The Morgan fingerprint density at radius 2 is 2.00 bits per heavy atom. The van der Waals surface area contributed by atoms with Crippen molar-refractivity contribution in [1.82, 2.24) is 0 Å². The second-order valence-electron chi connectivity index (χ2n) is 2.63. The first kappa shape index (κ1) is 13.4. The molecule has 0 spiro atoms. The minimum absolute atomic E-state index is 0.328. The van der Waals surface area contributed by atoms with Gasteiger partial charge in [-0.05, 0) is 6.42 Å². The zero-order valence-electron chi connectivity index (χ0n) is 8.35. The highest BCUT2D eigenvalue weighted by atomic mass is 16.7. The van der Waals surface area contributed by atoms with E-state index in [0.29, 0.717) is 6.61 Å². The Labute approximate surface area is 88.0 Å². The maximum atomic E-state index is 10.5. The molecule has 0 aromatic rings. The van der Waals surface area contributed by atoms with Crippen molar-refractivity contribution < 1.29 is 24.2 Å². The van der Waals surface area contributed by atoms with Gasteiger partial charge in [0.1, 0.15) is 0 Å². The van der Waals surface area contributed by atoms with Gasteiger partial charge in [-0.3, -0.25) is 0 Å². The SMILES string of the molecule is C=CC(=O)O.C=CC(=O)OC1CCCO1. The molecular formula is C10H14O5. The molecule has 0 saturated carbocycles. The van der Waals surface area contributed by atoms with Gasteiger partial charge in [0.05, 0.1) is 6.61 Å². The van der Waals surface area contributed by atoms with E-state index in [1.54, 1.807) is 0 Å². The van der Waals surface area contributed by atoms with E-state index in [0.717, 1.165) is 25.0 Å². The summed E-state index contributed by atoms with van der Waals surface area (Å²) in [4.78, 5) is 19.8. The topological polar surface area (TPSA) is 72.8 Å². The Kier molecular flexibility index (Phi) is 6.92. The Morgan fingerprint density at radius 3 is 2.33 bits per heavy atom. The minimum Gasteiger partial charge on any atom is -0.478 e. The first-order chi connectivity index (χ1) is 7.10. The van der Waals surface area contributed by atoms with Gasteiger partial charge < -0.3 is 14.6 Å². The predicted octanol–water partition coefficient (Wildman–Crippen LogP) is 1.11. The fraction of sp³-hybridized carbons (Fsp3) is 0.400. The Balaban J connectivity index is 0.000000336. The van der Waals surface area contributed by atoms with Gasteiger partial charge in [-0.2, -0.15) is 0 Å². The fourth-order valence-electron chi connectivity index (χ4n) is 0.819. The zero-order valence-corrected chi connectivity index (χ0v) is 8.35. The van der Waals surface area contributed by atoms with Crippen LogP contribution >= 0.6 is 0 Å². The van der Waals surface area contributed by atoms with Crippen LogP contribution in [0.15, 0.2) is 25.3 Å². The summed E-state index contributed by atoms with van der Waals surface area (Å²) in [6.07, 6.45) is 3.42. The summed E-state index contributed by atoms with van der Waals surface area (Å²) < 4.78 is 9.82. The molecule has 5 heteroatoms. The maximum absolute atomic E-state index is 10.5. The van der Waals surface area contributed by atoms with Gasteiger partial charge >= 0.3 is 11.9 Å². The number of carbonyl (C=O) groups is 2. The lowest BCUT2D eigenvalue weighted by atomic mass is 10.4. The monoisotopic (exact) mass is 214 g/mol. The molecule has 1 rings (SSSR count). The van der Waals surface area contributed by atoms with E-state index in [1.807, 2.05) is 0 Å². The molecule has 0 radical (unpaired) electrons. The summed E-state index contributed by atoms with van der Waals surface area (Å²) in [5.41, 5.74) is 0. The third-order valence-electron chi connectivity index (χ3n) is 1.48. The van der Waals surface area contributed by atoms with Gasteiger partial charge in [0.15, 0.2) is 0 Å². The Morgan fingerprint density at radius 1 is 1.40 bits per heavy atom. The van der Waals surface area contributed by atoms with Crippen LogP contribution in [0.2, 0.25) is 0 Å². The summed E-state index contributed by atoms with van der Waals surface area (Å²) in [7, 11) is 0. The lowest BCUT2D eigenvalue weighted by Gasteiger charge is -2.07. The van der Waals surface area contributed by atoms with Gasteiger partial charge in [0.25, 0.3) is 0 Å². The van der Waals surface area contributed by atoms with Crippen molar-refractivity contribution >= 4 is 11.9 Å². The van der Waals surface area contributed by atoms with Crippen molar-refractivity contribution in [2.45, 2.75) is 19.1 Å². The second kappa shape index (κ2) is 7.75. The van der Waals surface area contributed by atoms with Crippen LogP contribution in [-0.2, 0) is 19.1 Å². The molecule has 1 N–H and O–H groups in total. The van der Waals surface area contributed by atoms with E-state index < -0.39 is 11.9 Å². The molecule has 0 aromatic carbocycles. The molecule has 0 amide bonds. The van der Waals surface area contributed by atoms with E-state index in [9.17, 15) is 9.59 Å². The number of carboxylic acids is 1. The average molecular weight is 214 g/mol. The van der Waals surface area contributed by atoms with Gasteiger partial charge in [0, 0.05) is 18.6 Å². The molecule has 0 aliphatic carbocycles. The van der Waals surface area contributed by atoms with E-state index in [-0.39, 0.29) is 6.29 Å². The number of carbonyl (C=O) groups excluding carboxylic acids is 1. The highest BCUT2D eigenvalue weighted by Gasteiger charge is 2.17. The summed E-state index contributed by atoms with van der Waals surface area (Å²) in [5, 5.41) is 7.60. The molecule has 1 unspecified atom stereocenters. The molecular weight excluding hydrogens is 200 g/mol. The molecule has 1 fully saturated rings. The van der Waals surface area contributed by atoms with Gasteiger partial charge in [-0.15, -0.1) is 0 Å². The first-order valence-electron chi connectivity index (χ1n) is 4.40. The second-order valence-corrected chi connectivity index (χ2v) is 2.63. The summed E-state index contributed by atoms with van der Waals surface area (Å²) in [5.74, 6) is -1.39. The smallest absolute Gasteiger partial charge is 0.332 e. The predicted molar refractivity (Wildman–Crippen MR) is 53.1 cm³/mol. The van der Waals surface area contributed by atoms with Crippen molar-refractivity contribution in [3.63, 3.8) is 0 Å². The largest absolute Gasteiger partial charge is 0.478 e. The van der Waals surface area contributed by atoms with Crippen molar-refractivity contribution in [1.29, 1.82) is 0 Å². The summed E-state index contributed by atoms with van der Waals surface area (Å²) >= 11 is 0. The van der Waals surface area contributed by atoms with Crippen molar-refractivity contribution in [3.8, 4) is 0 Å². The number of carboxylic acid groups (broad SMARTS) is 1. The number of ether oxygens (including phenoxy) is 2. The summed E-state index contributed by atoms with van der Waals surface area (Å²) in [6.45, 7) is 6.92. The van der Waals surface area contributed by atoms with E-state index in [4.69, 9.17) is 14.6 Å². The number of aliphatic carboxylic acids is 1. The van der Waals surface area contributed by atoms with Crippen LogP contribution in [0.1, 0.15) is 12.8 Å². The summed E-state index contributed by atoms with van der Waals surface area (Å²) in [6, 6.07) is 0. The van der Waals surface area contributed by atoms with Gasteiger partial charge in [-0.1, -0.05) is 13.2 Å². The molecule has 1 heterocycles. The van der Waals surface area contributed by atoms with Crippen LogP contribution in [0.4, 0.5) is 0 Å². The zero-order chi connectivity index (χ0) is 11.7. The standard InChI is InChI=1S/C7H10O3.C3H4O2/c1-2-6(8)10-7-4-3-5-9-7;1-2-3(4)5/h2,7H,1,3-5H2;2H,1H2,(H,4,5). The fourth-order valence-corrected chi connectivity index (χ4v) is 0.819. The lowest BCUT2D eigenvalue weighted by molar-refractivity contribution is -0.163. The van der Waals surface area contributed by atoms with Crippen LogP contribution < -0.4 is 0 Å². The normalized spacial score (nSPS) is 18.3. The van der Waals surface area contributed by atoms with Crippen molar-refractivity contribution in [3.05, 3.63) is 25.3 Å². The quantitative estimate of drug-likeness (QED) is 0.562. The molecule has 1 saturated heterocycles. The number of esters is 1. The van der Waals surface area contributed by atoms with Gasteiger partial charge in [0.2, 0.25) is 6.29 Å². The van der Waals surface area contributed by atoms with Crippen molar-refractivity contribution in [2.24, 2.45) is 0 Å².